The van der Waals surface area contributed by atoms with Crippen molar-refractivity contribution in [2.75, 3.05) is 0 Å². The first-order valence-electron chi connectivity index (χ1n) is 7.49. The van der Waals surface area contributed by atoms with E-state index in [2.05, 4.69) is 0 Å². The maximum absolute atomic E-state index is 11.6. The molecule has 1 aliphatic heterocycles. The molecule has 0 amide bonds. The molecule has 2 N–H and O–H groups in total. The number of hydrogen-bond acceptors (Lipinski definition) is 6. The fraction of sp³-hybridized carbons (Fsp3) is 0.625. The highest BCUT2D eigenvalue weighted by molar-refractivity contribution is 5.82. The molecule has 0 saturated heterocycles. The summed E-state index contributed by atoms with van der Waals surface area (Å²) in [4.78, 5) is 23.1. The van der Waals surface area contributed by atoms with Crippen molar-refractivity contribution in [2.45, 2.75) is 63.9 Å². The van der Waals surface area contributed by atoms with Crippen molar-refractivity contribution in [3.8, 4) is 0 Å². The van der Waals surface area contributed by atoms with Crippen LogP contribution >= 0.6 is 0 Å². The average Bonchev–Trinajstić information content (AvgIpc) is 2.41. The van der Waals surface area contributed by atoms with E-state index in [4.69, 9.17) is 9.47 Å². The van der Waals surface area contributed by atoms with Crippen LogP contribution in [0.5, 0.6) is 0 Å². The Morgan fingerprint density at radius 1 is 1.00 bits per heavy atom. The zero-order chi connectivity index (χ0) is 16.5. The van der Waals surface area contributed by atoms with Crippen molar-refractivity contribution in [1.29, 1.82) is 0 Å². The Kier molecular flexibility index (Phi) is 7.84. The van der Waals surface area contributed by atoms with E-state index >= 15 is 0 Å². The van der Waals surface area contributed by atoms with Gasteiger partial charge in [0.1, 0.15) is 6.10 Å². The van der Waals surface area contributed by atoms with Crippen molar-refractivity contribution >= 4 is 11.9 Å². The quantitative estimate of drug-likeness (QED) is 0.654. The van der Waals surface area contributed by atoms with Crippen LogP contribution in [-0.2, 0) is 19.1 Å². The number of esters is 2. The first-order chi connectivity index (χ1) is 10.4. The van der Waals surface area contributed by atoms with Crippen molar-refractivity contribution in [3.63, 3.8) is 0 Å². The molecule has 4 unspecified atom stereocenters. The van der Waals surface area contributed by atoms with Crippen LogP contribution < -0.4 is 0 Å². The molecular weight excluding hydrogens is 288 g/mol. The summed E-state index contributed by atoms with van der Waals surface area (Å²) in [5.41, 5.74) is 0. The van der Waals surface area contributed by atoms with E-state index in [1.54, 1.807) is 13.8 Å². The van der Waals surface area contributed by atoms with E-state index in [1.165, 1.54) is 24.3 Å². The topological polar surface area (TPSA) is 93.1 Å². The molecule has 1 aliphatic rings. The summed E-state index contributed by atoms with van der Waals surface area (Å²) in [6.07, 6.45) is 4.40. The molecule has 6 nitrogen and oxygen atoms in total. The van der Waals surface area contributed by atoms with Crippen LogP contribution in [0, 0.1) is 0 Å². The first kappa shape index (κ1) is 18.4. The third-order valence-electron chi connectivity index (χ3n) is 3.22. The number of carbonyl (C=O) groups excluding carboxylic acids is 2. The number of carbonyl (C=O) groups is 2. The normalized spacial score (nSPS) is 32.4. The van der Waals surface area contributed by atoms with Gasteiger partial charge in [-0.1, -0.05) is 6.08 Å². The van der Waals surface area contributed by atoms with E-state index < -0.39 is 30.3 Å². The Morgan fingerprint density at radius 2 is 1.64 bits per heavy atom. The molecule has 0 bridgehead atoms. The number of aliphatic hydroxyl groups is 2. The smallest absolute Gasteiger partial charge is 0.330 e. The van der Waals surface area contributed by atoms with Gasteiger partial charge < -0.3 is 19.7 Å². The molecule has 0 aromatic heterocycles. The summed E-state index contributed by atoms with van der Waals surface area (Å²) in [5, 5.41) is 19.5. The maximum atomic E-state index is 11.6. The third-order valence-corrected chi connectivity index (χ3v) is 3.22. The standard InChI is InChI=1S/C16H24O6/c1-11-6-7-13(17)8-9-16(20)22-12(2)10-14(18)4-3-5-15(19)21-11/h3,5,8-9,11-14,17-18H,4,6-7,10H2,1-2H3. The van der Waals surface area contributed by atoms with Crippen molar-refractivity contribution in [3.05, 3.63) is 24.3 Å². The number of ether oxygens (including phenoxy) is 2. The highest BCUT2D eigenvalue weighted by atomic mass is 16.5. The molecule has 0 saturated carbocycles. The lowest BCUT2D eigenvalue weighted by molar-refractivity contribution is -0.143. The summed E-state index contributed by atoms with van der Waals surface area (Å²) < 4.78 is 10.2. The maximum Gasteiger partial charge on any atom is 0.330 e. The molecule has 124 valence electrons. The first-order valence-corrected chi connectivity index (χ1v) is 7.49. The number of aliphatic hydroxyl groups excluding tert-OH is 2. The van der Waals surface area contributed by atoms with E-state index in [1.807, 2.05) is 0 Å². The van der Waals surface area contributed by atoms with Crippen molar-refractivity contribution in [2.24, 2.45) is 0 Å². The zero-order valence-corrected chi connectivity index (χ0v) is 13.0. The molecule has 0 aromatic rings. The molecule has 4 atom stereocenters. The van der Waals surface area contributed by atoms with Crippen LogP contribution in [0.1, 0.15) is 39.5 Å². The Morgan fingerprint density at radius 3 is 2.36 bits per heavy atom. The summed E-state index contributed by atoms with van der Waals surface area (Å²) >= 11 is 0. The van der Waals surface area contributed by atoms with Crippen LogP contribution in [0.4, 0.5) is 0 Å². The summed E-state index contributed by atoms with van der Waals surface area (Å²) in [6, 6.07) is 0. The minimum atomic E-state index is -0.807. The molecule has 1 heterocycles. The molecule has 0 aliphatic carbocycles. The van der Waals surface area contributed by atoms with Crippen LogP contribution in [0.2, 0.25) is 0 Å². The molecular formula is C16H24O6. The van der Waals surface area contributed by atoms with E-state index in [-0.39, 0.29) is 18.9 Å². The molecule has 1 rings (SSSR count). The van der Waals surface area contributed by atoms with Crippen LogP contribution in [0.3, 0.4) is 0 Å². The van der Waals surface area contributed by atoms with Gasteiger partial charge in [-0.05, 0) is 39.2 Å². The summed E-state index contributed by atoms with van der Waals surface area (Å²) in [5.74, 6) is -1.03. The lowest BCUT2D eigenvalue weighted by Crippen LogP contribution is -2.21. The SMILES string of the molecule is CC1CCC(O)C=CC(=O)OC(C)CC(O)CC=CC(=O)O1. The molecule has 0 fully saturated rings. The Bertz CT molecular complexity index is 428. The number of cyclic esters (lactones) is 2. The zero-order valence-electron chi connectivity index (χ0n) is 13.0. The van der Waals surface area contributed by atoms with Gasteiger partial charge in [0.15, 0.2) is 0 Å². The van der Waals surface area contributed by atoms with Gasteiger partial charge in [0.2, 0.25) is 0 Å². The van der Waals surface area contributed by atoms with Crippen LogP contribution in [0.15, 0.2) is 24.3 Å². The monoisotopic (exact) mass is 312 g/mol. The van der Waals surface area contributed by atoms with E-state index in [0.29, 0.717) is 12.8 Å². The Labute approximate surface area is 130 Å². The van der Waals surface area contributed by atoms with Gasteiger partial charge in [0.25, 0.3) is 0 Å². The Hall–Kier alpha value is -1.66. The second-order valence-corrected chi connectivity index (χ2v) is 5.53. The molecule has 22 heavy (non-hydrogen) atoms. The minimum Gasteiger partial charge on any atom is -0.460 e. The van der Waals surface area contributed by atoms with Gasteiger partial charge in [-0.15, -0.1) is 0 Å². The summed E-state index contributed by atoms with van der Waals surface area (Å²) in [6.45, 7) is 3.41. The lowest BCUT2D eigenvalue weighted by Gasteiger charge is -2.16. The lowest BCUT2D eigenvalue weighted by atomic mass is 10.1. The van der Waals surface area contributed by atoms with Crippen LogP contribution in [-0.4, -0.2) is 46.6 Å². The highest BCUT2D eigenvalue weighted by Crippen LogP contribution is 2.10. The second kappa shape index (κ2) is 9.38. The number of rotatable bonds is 0. The fourth-order valence-electron chi connectivity index (χ4n) is 2.07. The fourth-order valence-corrected chi connectivity index (χ4v) is 2.07. The van der Waals surface area contributed by atoms with Gasteiger partial charge in [0.05, 0.1) is 18.3 Å². The van der Waals surface area contributed by atoms with Gasteiger partial charge >= 0.3 is 11.9 Å². The van der Waals surface area contributed by atoms with E-state index in [9.17, 15) is 19.8 Å². The minimum absolute atomic E-state index is 0.262. The second-order valence-electron chi connectivity index (χ2n) is 5.53. The highest BCUT2D eigenvalue weighted by Gasteiger charge is 2.14. The Balaban J connectivity index is 2.71. The van der Waals surface area contributed by atoms with Gasteiger partial charge in [0, 0.05) is 18.6 Å². The van der Waals surface area contributed by atoms with E-state index in [0.717, 1.165) is 0 Å². The predicted molar refractivity (Wildman–Crippen MR) is 79.9 cm³/mol. The van der Waals surface area contributed by atoms with Crippen LogP contribution in [0.25, 0.3) is 0 Å². The molecule has 0 radical (unpaired) electrons. The third kappa shape index (κ3) is 7.95. The van der Waals surface area contributed by atoms with Crippen molar-refractivity contribution < 1.29 is 29.3 Å². The number of hydrogen-bond donors (Lipinski definition) is 2. The van der Waals surface area contributed by atoms with Crippen molar-refractivity contribution in [1.82, 2.24) is 0 Å². The van der Waals surface area contributed by atoms with Gasteiger partial charge in [-0.25, -0.2) is 9.59 Å². The average molecular weight is 312 g/mol. The largest absolute Gasteiger partial charge is 0.460 e. The molecule has 0 spiro atoms. The van der Waals surface area contributed by atoms with Gasteiger partial charge in [-0.2, -0.15) is 0 Å². The van der Waals surface area contributed by atoms with Gasteiger partial charge in [-0.3, -0.25) is 0 Å². The summed E-state index contributed by atoms with van der Waals surface area (Å²) in [7, 11) is 0. The molecule has 0 aromatic carbocycles. The predicted octanol–water partition coefficient (Wildman–Crippen LogP) is 1.26. The molecule has 6 heteroatoms.